The van der Waals surface area contributed by atoms with Crippen molar-refractivity contribution in [2.45, 2.75) is 66.6 Å². The molecule has 50 heavy (non-hydrogen) atoms. The molecule has 3 heterocycles. The number of hydrogen-bond acceptors (Lipinski definition) is 3. The molecule has 0 aliphatic heterocycles. The molecule has 3 aromatic heterocycles. The third-order valence-corrected chi connectivity index (χ3v) is 12.2. The van der Waals surface area contributed by atoms with Crippen LogP contribution in [-0.2, 0) is 26.5 Å². The van der Waals surface area contributed by atoms with Gasteiger partial charge in [0.05, 0.1) is 8.07 Å². The number of fused-ring (bicyclic) bond motifs is 3. The molecule has 0 saturated heterocycles. The second-order valence-corrected chi connectivity index (χ2v) is 20.8. The van der Waals surface area contributed by atoms with Crippen molar-refractivity contribution in [2.24, 2.45) is 5.92 Å². The van der Waals surface area contributed by atoms with Crippen molar-refractivity contribution in [1.29, 1.82) is 0 Å². The Hall–Kier alpha value is -3.73. The first-order valence-corrected chi connectivity index (χ1v) is 21.7. The third-order valence-electron chi connectivity index (χ3n) is 8.98. The van der Waals surface area contributed by atoms with Crippen LogP contribution in [0.5, 0.6) is 0 Å². The summed E-state index contributed by atoms with van der Waals surface area (Å²) in [4.78, 5) is 9.45. The summed E-state index contributed by atoms with van der Waals surface area (Å²) in [5, 5.41) is 4.10. The van der Waals surface area contributed by atoms with Gasteiger partial charge in [-0.05, 0) is 80.2 Å². The average molecular weight is 867 g/mol. The Morgan fingerprint density at radius 1 is 0.760 bits per heavy atom. The summed E-state index contributed by atoms with van der Waals surface area (Å²) in [7, 11) is -1.34. The van der Waals surface area contributed by atoms with Gasteiger partial charge in [0.1, 0.15) is 0 Å². The fourth-order valence-electron chi connectivity index (χ4n) is 6.62. The number of aryl methyl sites for hydroxylation is 1. The van der Waals surface area contributed by atoms with Crippen molar-refractivity contribution in [3.05, 3.63) is 138 Å². The Labute approximate surface area is 317 Å². The van der Waals surface area contributed by atoms with Crippen LogP contribution < -0.4 is 5.19 Å². The first-order valence-electron chi connectivity index (χ1n) is 17.4. The van der Waals surface area contributed by atoms with E-state index in [1.165, 1.54) is 53.2 Å². The van der Waals surface area contributed by atoms with E-state index in [2.05, 4.69) is 150 Å². The SMILES string of the molecule is CC(C)Cc1cc(-c2[c-]cccc2)ncc1[Si](C)(C)C.Cc1cnc(-c2[c-]ccc3c2sc2cccc(-c4ccccc4)c23)cc1C(C)C.[Ir]. The number of rotatable bonds is 7. The van der Waals surface area contributed by atoms with E-state index in [0.717, 1.165) is 28.9 Å². The molecule has 7 rings (SSSR count). The van der Waals surface area contributed by atoms with Gasteiger partial charge in [-0.1, -0.05) is 113 Å². The molecule has 0 bridgehead atoms. The van der Waals surface area contributed by atoms with Gasteiger partial charge in [-0.15, -0.1) is 59.7 Å². The standard InChI is InChI=1S/C27H22NS.C18H24NSi.Ir/c1-17(2)23-15-24(28-16-18(23)3)21-12-7-13-22-26-20(19-9-5-4-6-10-19)11-8-14-25(26)29-27(21)22;1-14(2)11-16-12-17(15-9-7-6-8-10-15)19-13-18(16)20(3,4)5;/h4-11,13-17H,1-3H3;6-9,12-14H,11H2,1-5H3;/q2*-1;. The van der Waals surface area contributed by atoms with Crippen LogP contribution >= 0.6 is 11.3 Å². The molecule has 0 amide bonds. The van der Waals surface area contributed by atoms with Gasteiger partial charge in [0.15, 0.2) is 0 Å². The smallest absolute Gasteiger partial charge is 0.0798 e. The molecule has 0 unspecified atom stereocenters. The van der Waals surface area contributed by atoms with Crippen molar-refractivity contribution >= 4 is 44.8 Å². The Balaban J connectivity index is 0.000000204. The molecule has 5 heteroatoms. The van der Waals surface area contributed by atoms with E-state index < -0.39 is 8.07 Å². The Kier molecular flexibility index (Phi) is 12.1. The second kappa shape index (κ2) is 16.1. The van der Waals surface area contributed by atoms with Gasteiger partial charge in [-0.25, -0.2) is 0 Å². The summed E-state index contributed by atoms with van der Waals surface area (Å²) in [5.74, 6) is 1.14. The molecule has 0 aliphatic rings. The van der Waals surface area contributed by atoms with Crippen molar-refractivity contribution in [3.8, 4) is 33.6 Å². The van der Waals surface area contributed by atoms with Crippen LogP contribution in [0.4, 0.5) is 0 Å². The number of nitrogens with zero attached hydrogens (tertiary/aromatic N) is 2. The molecule has 0 atom stereocenters. The van der Waals surface area contributed by atoms with Crippen LogP contribution in [0.15, 0.2) is 109 Å². The molecule has 7 aromatic rings. The van der Waals surface area contributed by atoms with Crippen LogP contribution in [0.25, 0.3) is 53.8 Å². The van der Waals surface area contributed by atoms with E-state index >= 15 is 0 Å². The minimum Gasteiger partial charge on any atom is -0.305 e. The topological polar surface area (TPSA) is 25.8 Å². The summed E-state index contributed by atoms with van der Waals surface area (Å²) in [6.07, 6.45) is 5.24. The summed E-state index contributed by atoms with van der Waals surface area (Å²) in [6.45, 7) is 18.4. The molecular weight excluding hydrogens is 821 g/mol. The molecule has 4 aromatic carbocycles. The molecule has 0 fully saturated rings. The minimum absolute atomic E-state index is 0. The van der Waals surface area contributed by atoms with E-state index in [1.807, 2.05) is 41.8 Å². The monoisotopic (exact) mass is 867 g/mol. The van der Waals surface area contributed by atoms with E-state index in [1.54, 1.807) is 0 Å². The largest absolute Gasteiger partial charge is 0.305 e. The number of aromatic nitrogens is 2. The van der Waals surface area contributed by atoms with E-state index in [0.29, 0.717) is 11.8 Å². The van der Waals surface area contributed by atoms with Gasteiger partial charge in [0, 0.05) is 37.2 Å². The summed E-state index contributed by atoms with van der Waals surface area (Å²) >= 11 is 1.84. The quantitative estimate of drug-likeness (QED) is 0.118. The number of benzene rings is 4. The van der Waals surface area contributed by atoms with Gasteiger partial charge in [-0.3, -0.25) is 0 Å². The van der Waals surface area contributed by atoms with Crippen molar-refractivity contribution in [1.82, 2.24) is 9.97 Å². The molecule has 1 radical (unpaired) electrons. The molecule has 0 N–H and O–H groups in total. The van der Waals surface area contributed by atoms with Crippen LogP contribution in [0.2, 0.25) is 19.6 Å². The number of hydrogen-bond donors (Lipinski definition) is 0. The maximum absolute atomic E-state index is 4.77. The van der Waals surface area contributed by atoms with Crippen LogP contribution in [0.1, 0.15) is 50.3 Å². The summed E-state index contributed by atoms with van der Waals surface area (Å²) in [6, 6.07) is 40.8. The minimum atomic E-state index is -1.34. The third kappa shape index (κ3) is 8.24. The Morgan fingerprint density at radius 3 is 2.18 bits per heavy atom. The van der Waals surface area contributed by atoms with Gasteiger partial charge in [0.25, 0.3) is 0 Å². The van der Waals surface area contributed by atoms with Crippen molar-refractivity contribution in [3.63, 3.8) is 0 Å². The van der Waals surface area contributed by atoms with Gasteiger partial charge >= 0.3 is 0 Å². The first kappa shape index (κ1) is 37.5. The van der Waals surface area contributed by atoms with E-state index in [-0.39, 0.29) is 20.1 Å². The first-order chi connectivity index (χ1) is 23.5. The normalized spacial score (nSPS) is 11.5. The van der Waals surface area contributed by atoms with Crippen LogP contribution in [0, 0.1) is 25.0 Å². The molecule has 0 aliphatic carbocycles. The number of thiophene rings is 1. The molecule has 2 nitrogen and oxygen atoms in total. The van der Waals surface area contributed by atoms with E-state index in [9.17, 15) is 0 Å². The zero-order valence-corrected chi connectivity index (χ0v) is 34.6. The molecular formula is C45H46IrN2SSi-2. The second-order valence-electron chi connectivity index (χ2n) is 14.7. The van der Waals surface area contributed by atoms with E-state index in [4.69, 9.17) is 4.98 Å². The van der Waals surface area contributed by atoms with Gasteiger partial charge in [-0.2, -0.15) is 11.3 Å². The van der Waals surface area contributed by atoms with Gasteiger partial charge in [0.2, 0.25) is 0 Å². The average Bonchev–Trinajstić information content (AvgIpc) is 3.48. The maximum atomic E-state index is 4.77. The predicted molar refractivity (Wildman–Crippen MR) is 216 cm³/mol. The van der Waals surface area contributed by atoms with Crippen LogP contribution in [0.3, 0.4) is 0 Å². The Morgan fingerprint density at radius 2 is 1.50 bits per heavy atom. The van der Waals surface area contributed by atoms with Crippen molar-refractivity contribution in [2.75, 3.05) is 0 Å². The summed E-state index contributed by atoms with van der Waals surface area (Å²) in [5.41, 5.74) is 10.9. The zero-order chi connectivity index (χ0) is 34.7. The molecule has 0 saturated carbocycles. The zero-order valence-electron chi connectivity index (χ0n) is 30.4. The summed E-state index contributed by atoms with van der Waals surface area (Å²) < 4.78 is 2.57. The fraction of sp³-hybridized carbons (Fsp3) is 0.244. The maximum Gasteiger partial charge on any atom is 0.0798 e. The van der Waals surface area contributed by atoms with Crippen molar-refractivity contribution < 1.29 is 20.1 Å². The van der Waals surface area contributed by atoms with Crippen LogP contribution in [-0.4, -0.2) is 18.0 Å². The molecule has 0 spiro atoms. The predicted octanol–water partition coefficient (Wildman–Crippen LogP) is 12.3. The molecule has 257 valence electrons. The Bertz CT molecular complexity index is 2200. The number of pyridine rings is 2. The van der Waals surface area contributed by atoms with Gasteiger partial charge < -0.3 is 9.97 Å². The fourth-order valence-corrected chi connectivity index (χ4v) is 9.44.